The van der Waals surface area contributed by atoms with Crippen LogP contribution in [0.1, 0.15) is 32.4 Å². The van der Waals surface area contributed by atoms with E-state index >= 15 is 0 Å². The molecule has 0 aromatic heterocycles. The van der Waals surface area contributed by atoms with Gasteiger partial charge >= 0.3 is 0 Å². The van der Waals surface area contributed by atoms with Crippen LogP contribution in [0.5, 0.6) is 0 Å². The quantitative estimate of drug-likeness (QED) is 0.766. The predicted molar refractivity (Wildman–Crippen MR) is 96.9 cm³/mol. The van der Waals surface area contributed by atoms with E-state index in [2.05, 4.69) is 12.2 Å². The summed E-state index contributed by atoms with van der Waals surface area (Å²) in [5.41, 5.74) is 0.919. The fourth-order valence-corrected chi connectivity index (χ4v) is 3.47. The zero-order chi connectivity index (χ0) is 17.5. The summed E-state index contributed by atoms with van der Waals surface area (Å²) in [6.45, 7) is 6.57. The highest BCUT2D eigenvalue weighted by atomic mass is 32.2. The van der Waals surface area contributed by atoms with Gasteiger partial charge in [-0.05, 0) is 25.2 Å². The molecule has 0 aliphatic carbocycles. The molecule has 5 nitrogen and oxygen atoms in total. The van der Waals surface area contributed by atoms with Gasteiger partial charge in [-0.1, -0.05) is 37.3 Å². The minimum absolute atomic E-state index is 0.00227. The second-order valence-electron chi connectivity index (χ2n) is 5.97. The molecule has 1 heterocycles. The number of nitrogens with zero attached hydrogens (tertiary/aromatic N) is 1. The number of amides is 2. The molecule has 0 bridgehead atoms. The van der Waals surface area contributed by atoms with Crippen molar-refractivity contribution in [2.75, 3.05) is 24.7 Å². The fourth-order valence-electron chi connectivity index (χ4n) is 2.93. The molecular weight excluding hydrogens is 324 g/mol. The van der Waals surface area contributed by atoms with Crippen molar-refractivity contribution in [2.45, 2.75) is 39.0 Å². The number of nitrogens with one attached hydrogen (secondary N) is 1. The Hall–Kier alpha value is -1.53. The molecular formula is C18H26N2O3S. The summed E-state index contributed by atoms with van der Waals surface area (Å²) in [6, 6.07) is 9.24. The first-order chi connectivity index (χ1) is 11.6. The van der Waals surface area contributed by atoms with Crippen molar-refractivity contribution < 1.29 is 14.3 Å². The number of hydrogen-bond donors (Lipinski definition) is 1. The molecule has 1 saturated heterocycles. The van der Waals surface area contributed by atoms with Gasteiger partial charge in [-0.2, -0.15) is 11.8 Å². The number of benzene rings is 1. The third-order valence-corrected chi connectivity index (χ3v) is 4.87. The van der Waals surface area contributed by atoms with Crippen LogP contribution in [0.25, 0.3) is 0 Å². The van der Waals surface area contributed by atoms with Gasteiger partial charge in [0.25, 0.3) is 5.91 Å². The van der Waals surface area contributed by atoms with Gasteiger partial charge in [-0.3, -0.25) is 9.59 Å². The monoisotopic (exact) mass is 350 g/mol. The van der Waals surface area contributed by atoms with E-state index in [-0.39, 0.29) is 24.5 Å². The van der Waals surface area contributed by atoms with Crippen molar-refractivity contribution in [3.63, 3.8) is 0 Å². The molecule has 1 aromatic rings. The fraction of sp³-hybridized carbons (Fsp3) is 0.556. The second-order valence-corrected chi connectivity index (χ2v) is 7.36. The summed E-state index contributed by atoms with van der Waals surface area (Å²) in [5.74, 6) is 1.67. The van der Waals surface area contributed by atoms with Crippen molar-refractivity contribution in [2.24, 2.45) is 0 Å². The van der Waals surface area contributed by atoms with Crippen LogP contribution in [0, 0.1) is 0 Å². The molecule has 6 heteroatoms. The highest BCUT2D eigenvalue weighted by Crippen LogP contribution is 2.32. The van der Waals surface area contributed by atoms with E-state index in [4.69, 9.17) is 4.74 Å². The highest BCUT2D eigenvalue weighted by molar-refractivity contribution is 7.99. The number of carbonyl (C=O) groups is 2. The average Bonchev–Trinajstić information content (AvgIpc) is 2.58. The van der Waals surface area contributed by atoms with Gasteiger partial charge < -0.3 is 15.0 Å². The van der Waals surface area contributed by atoms with E-state index in [1.165, 1.54) is 0 Å². The lowest BCUT2D eigenvalue weighted by atomic mass is 9.96. The first-order valence-corrected chi connectivity index (χ1v) is 9.54. The molecule has 1 aliphatic rings. The van der Waals surface area contributed by atoms with Crippen LogP contribution in [0.15, 0.2) is 30.3 Å². The zero-order valence-corrected chi connectivity index (χ0v) is 15.3. The molecule has 0 unspecified atom stereocenters. The Morgan fingerprint density at radius 1 is 1.38 bits per heavy atom. The largest absolute Gasteiger partial charge is 0.356 e. The van der Waals surface area contributed by atoms with Crippen LogP contribution in [-0.2, 0) is 14.3 Å². The number of thioether (sulfide) groups is 1. The molecule has 24 heavy (non-hydrogen) atoms. The maximum absolute atomic E-state index is 12.6. The van der Waals surface area contributed by atoms with E-state index in [0.29, 0.717) is 6.54 Å². The van der Waals surface area contributed by atoms with Crippen LogP contribution < -0.4 is 5.32 Å². The van der Waals surface area contributed by atoms with Gasteiger partial charge in [0.05, 0.1) is 6.04 Å². The van der Waals surface area contributed by atoms with Crippen molar-refractivity contribution >= 4 is 23.6 Å². The molecule has 1 fully saturated rings. The predicted octanol–water partition coefficient (Wildman–Crippen LogP) is 2.23. The Morgan fingerprint density at radius 2 is 2.08 bits per heavy atom. The summed E-state index contributed by atoms with van der Waals surface area (Å²) < 4.78 is 5.65. The summed E-state index contributed by atoms with van der Waals surface area (Å²) in [7, 11) is 0. The molecule has 2 rings (SSSR count). The molecule has 1 aromatic carbocycles. The molecule has 0 radical (unpaired) electrons. The van der Waals surface area contributed by atoms with Gasteiger partial charge in [0.1, 0.15) is 6.61 Å². The number of rotatable bonds is 7. The standard InChI is InChI=1S/C18H26N2O3S/c1-4-24-11-10-19-18(22)17-16(14-8-6-5-7-9-14)20(13(2)3)15(21)12-23-17/h5-9,13,16-17H,4,10-12H2,1-3H3,(H,19,22)/t16-,17+/m1/s1. The lowest BCUT2D eigenvalue weighted by Crippen LogP contribution is -2.56. The average molecular weight is 350 g/mol. The Kier molecular flexibility index (Phi) is 7.12. The molecule has 0 saturated carbocycles. The molecule has 1 aliphatic heterocycles. The molecule has 2 atom stereocenters. The van der Waals surface area contributed by atoms with Gasteiger partial charge in [0.15, 0.2) is 6.10 Å². The lowest BCUT2D eigenvalue weighted by molar-refractivity contribution is -0.167. The van der Waals surface area contributed by atoms with Crippen molar-refractivity contribution in [1.82, 2.24) is 10.2 Å². The van der Waals surface area contributed by atoms with Crippen LogP contribution in [-0.4, -0.2) is 53.5 Å². The van der Waals surface area contributed by atoms with Crippen LogP contribution >= 0.6 is 11.8 Å². The Labute approximate surface area is 148 Å². The SMILES string of the molecule is CCSCCNC(=O)[C@H]1OCC(=O)N(C(C)C)[C@@H]1c1ccccc1. The lowest BCUT2D eigenvalue weighted by Gasteiger charge is -2.42. The Morgan fingerprint density at radius 3 is 2.71 bits per heavy atom. The summed E-state index contributed by atoms with van der Waals surface area (Å²) in [4.78, 5) is 26.8. The van der Waals surface area contributed by atoms with E-state index in [0.717, 1.165) is 17.1 Å². The van der Waals surface area contributed by atoms with E-state index in [1.54, 1.807) is 16.7 Å². The zero-order valence-electron chi connectivity index (χ0n) is 14.5. The number of ether oxygens (including phenoxy) is 1. The molecule has 1 N–H and O–H groups in total. The Bertz CT molecular complexity index is 550. The maximum atomic E-state index is 12.6. The van der Waals surface area contributed by atoms with Crippen molar-refractivity contribution in [3.05, 3.63) is 35.9 Å². The van der Waals surface area contributed by atoms with Gasteiger partial charge in [-0.25, -0.2) is 0 Å². The minimum atomic E-state index is -0.681. The van der Waals surface area contributed by atoms with Crippen LogP contribution in [0.4, 0.5) is 0 Å². The molecule has 132 valence electrons. The topological polar surface area (TPSA) is 58.6 Å². The highest BCUT2D eigenvalue weighted by Gasteiger charge is 2.42. The number of carbonyl (C=O) groups excluding carboxylic acids is 2. The Balaban J connectivity index is 2.20. The van der Waals surface area contributed by atoms with Gasteiger partial charge in [0, 0.05) is 18.3 Å². The normalized spacial score (nSPS) is 21.2. The van der Waals surface area contributed by atoms with Crippen molar-refractivity contribution in [3.8, 4) is 0 Å². The van der Waals surface area contributed by atoms with Crippen LogP contribution in [0.2, 0.25) is 0 Å². The number of hydrogen-bond acceptors (Lipinski definition) is 4. The van der Waals surface area contributed by atoms with Crippen molar-refractivity contribution in [1.29, 1.82) is 0 Å². The van der Waals surface area contributed by atoms with Gasteiger partial charge in [0.2, 0.25) is 5.91 Å². The first kappa shape index (κ1) is 18.8. The summed E-state index contributed by atoms with van der Waals surface area (Å²) >= 11 is 1.78. The third kappa shape index (κ3) is 4.51. The number of morpholine rings is 1. The van der Waals surface area contributed by atoms with E-state index in [1.807, 2.05) is 44.2 Å². The molecule has 2 amide bonds. The minimum Gasteiger partial charge on any atom is -0.356 e. The second kappa shape index (κ2) is 9.08. The molecule has 0 spiro atoms. The third-order valence-electron chi connectivity index (χ3n) is 3.97. The maximum Gasteiger partial charge on any atom is 0.251 e. The van der Waals surface area contributed by atoms with E-state index in [9.17, 15) is 9.59 Å². The first-order valence-electron chi connectivity index (χ1n) is 8.39. The summed E-state index contributed by atoms with van der Waals surface area (Å²) in [6.07, 6.45) is -0.681. The van der Waals surface area contributed by atoms with E-state index < -0.39 is 12.1 Å². The van der Waals surface area contributed by atoms with Crippen LogP contribution in [0.3, 0.4) is 0 Å². The van der Waals surface area contributed by atoms with Gasteiger partial charge in [-0.15, -0.1) is 0 Å². The smallest absolute Gasteiger partial charge is 0.251 e. The summed E-state index contributed by atoms with van der Waals surface area (Å²) in [5, 5.41) is 2.94.